The average molecular weight is 211 g/mol. The molecule has 1 heterocycles. The van der Waals surface area contributed by atoms with Crippen molar-refractivity contribution in [2.45, 2.75) is 53.0 Å². The highest BCUT2D eigenvalue weighted by Gasteiger charge is 2.23. The molecule has 88 valence electrons. The summed E-state index contributed by atoms with van der Waals surface area (Å²) < 4.78 is 0. The molecule has 0 aromatic rings. The van der Waals surface area contributed by atoms with Gasteiger partial charge in [0.05, 0.1) is 6.04 Å². The van der Waals surface area contributed by atoms with Gasteiger partial charge in [0.15, 0.2) is 0 Å². The molecule has 0 aromatic carbocycles. The van der Waals surface area contributed by atoms with E-state index in [-0.39, 0.29) is 6.04 Å². The molecular formula is C13H25NO. The summed E-state index contributed by atoms with van der Waals surface area (Å²) in [6.07, 6.45) is 3.84. The van der Waals surface area contributed by atoms with Gasteiger partial charge in [0, 0.05) is 0 Å². The van der Waals surface area contributed by atoms with Gasteiger partial charge in [0.1, 0.15) is 5.78 Å². The van der Waals surface area contributed by atoms with Gasteiger partial charge in [-0.15, -0.1) is 0 Å². The molecule has 2 atom stereocenters. The maximum Gasteiger partial charge on any atom is 0.146 e. The van der Waals surface area contributed by atoms with E-state index in [1.54, 1.807) is 6.92 Å². The van der Waals surface area contributed by atoms with E-state index in [4.69, 9.17) is 0 Å². The Balaban J connectivity index is 2.49. The molecule has 1 saturated heterocycles. The van der Waals surface area contributed by atoms with Crippen LogP contribution in [0.2, 0.25) is 0 Å². The highest BCUT2D eigenvalue weighted by atomic mass is 16.1. The Labute approximate surface area is 94.0 Å². The molecule has 0 radical (unpaired) electrons. The topological polar surface area (TPSA) is 20.3 Å². The van der Waals surface area contributed by atoms with Crippen molar-refractivity contribution in [2.75, 3.05) is 13.1 Å². The van der Waals surface area contributed by atoms with E-state index >= 15 is 0 Å². The van der Waals surface area contributed by atoms with Crippen LogP contribution in [0.4, 0.5) is 0 Å². The van der Waals surface area contributed by atoms with Crippen LogP contribution in [0.5, 0.6) is 0 Å². The molecule has 15 heavy (non-hydrogen) atoms. The number of likely N-dealkylation sites (tertiary alicyclic amines) is 1. The highest BCUT2D eigenvalue weighted by molar-refractivity contribution is 5.80. The molecule has 0 spiro atoms. The molecule has 0 bridgehead atoms. The van der Waals surface area contributed by atoms with E-state index in [0.29, 0.717) is 5.78 Å². The Bertz CT molecular complexity index is 213. The first kappa shape index (κ1) is 12.7. The molecule has 0 N–H and O–H groups in total. The molecule has 2 unspecified atom stereocenters. The van der Waals surface area contributed by atoms with Crippen LogP contribution in [0.1, 0.15) is 47.0 Å². The molecule has 0 aromatic heterocycles. The third-order valence-corrected chi connectivity index (χ3v) is 3.89. The zero-order valence-electron chi connectivity index (χ0n) is 10.6. The zero-order valence-corrected chi connectivity index (χ0v) is 10.6. The summed E-state index contributed by atoms with van der Waals surface area (Å²) in [6, 6.07) is 0.121. The van der Waals surface area contributed by atoms with Crippen molar-refractivity contribution in [3.05, 3.63) is 0 Å². The van der Waals surface area contributed by atoms with Crippen molar-refractivity contribution in [2.24, 2.45) is 11.8 Å². The molecule has 0 aliphatic carbocycles. The largest absolute Gasteiger partial charge is 0.298 e. The first-order chi connectivity index (χ1) is 7.02. The van der Waals surface area contributed by atoms with Crippen LogP contribution < -0.4 is 0 Å². The summed E-state index contributed by atoms with van der Waals surface area (Å²) in [5.41, 5.74) is 0. The van der Waals surface area contributed by atoms with Gasteiger partial charge in [-0.2, -0.15) is 0 Å². The normalized spacial score (nSPS) is 26.3. The van der Waals surface area contributed by atoms with E-state index in [9.17, 15) is 4.79 Å². The number of ketones is 1. The molecule has 1 fully saturated rings. The minimum atomic E-state index is 0.121. The first-order valence-electron chi connectivity index (χ1n) is 6.27. The van der Waals surface area contributed by atoms with Gasteiger partial charge in [0.2, 0.25) is 0 Å². The predicted octanol–water partition coefficient (Wildman–Crippen LogP) is 2.72. The summed E-state index contributed by atoms with van der Waals surface area (Å²) in [5, 5.41) is 0. The Hall–Kier alpha value is -0.370. The molecular weight excluding hydrogens is 186 g/mol. The minimum absolute atomic E-state index is 0.121. The van der Waals surface area contributed by atoms with E-state index in [0.717, 1.165) is 24.9 Å². The Morgan fingerprint density at radius 1 is 1.20 bits per heavy atom. The van der Waals surface area contributed by atoms with Gasteiger partial charge in [0.25, 0.3) is 0 Å². The second-order valence-corrected chi connectivity index (χ2v) is 5.26. The maximum atomic E-state index is 11.3. The third kappa shape index (κ3) is 3.60. The van der Waals surface area contributed by atoms with Gasteiger partial charge in [-0.25, -0.2) is 0 Å². The highest BCUT2D eigenvalue weighted by Crippen LogP contribution is 2.25. The van der Waals surface area contributed by atoms with Gasteiger partial charge in [-0.3, -0.25) is 9.69 Å². The number of hydrogen-bond donors (Lipinski definition) is 0. The molecule has 1 rings (SSSR count). The molecule has 2 heteroatoms. The number of nitrogens with zero attached hydrogens (tertiary/aromatic N) is 1. The standard InChI is InChI=1S/C13H25NO/c1-10(2)13-6-5-8-14(9-7-13)11(3)12(4)15/h10-11,13H,5-9H2,1-4H3. The Morgan fingerprint density at radius 2 is 1.87 bits per heavy atom. The van der Waals surface area contributed by atoms with E-state index in [1.165, 1.54) is 19.3 Å². The van der Waals surface area contributed by atoms with Crippen molar-refractivity contribution >= 4 is 5.78 Å². The number of hydrogen-bond acceptors (Lipinski definition) is 2. The van der Waals surface area contributed by atoms with E-state index in [1.807, 2.05) is 6.92 Å². The lowest BCUT2D eigenvalue weighted by Crippen LogP contribution is -2.38. The summed E-state index contributed by atoms with van der Waals surface area (Å²) in [4.78, 5) is 13.7. The van der Waals surface area contributed by atoms with Crippen molar-refractivity contribution in [1.82, 2.24) is 4.90 Å². The maximum absolute atomic E-state index is 11.3. The van der Waals surface area contributed by atoms with Gasteiger partial charge in [-0.05, 0) is 58.0 Å². The fourth-order valence-electron chi connectivity index (χ4n) is 2.46. The summed E-state index contributed by atoms with van der Waals surface area (Å²) in [6.45, 7) is 10.6. The molecule has 2 nitrogen and oxygen atoms in total. The number of carbonyl (C=O) groups excluding carboxylic acids is 1. The Kier molecular flexibility index (Phi) is 4.78. The second-order valence-electron chi connectivity index (χ2n) is 5.26. The van der Waals surface area contributed by atoms with Crippen molar-refractivity contribution in [1.29, 1.82) is 0 Å². The van der Waals surface area contributed by atoms with E-state index in [2.05, 4.69) is 18.7 Å². The van der Waals surface area contributed by atoms with Crippen molar-refractivity contribution in [3.63, 3.8) is 0 Å². The smallest absolute Gasteiger partial charge is 0.146 e. The number of Topliss-reactive ketones (excluding diaryl/α,β-unsaturated/α-hetero) is 1. The van der Waals surface area contributed by atoms with Crippen LogP contribution in [0.3, 0.4) is 0 Å². The van der Waals surface area contributed by atoms with Crippen LogP contribution in [-0.4, -0.2) is 29.8 Å². The SMILES string of the molecule is CC(=O)C(C)N1CCCC(C(C)C)CC1. The Morgan fingerprint density at radius 3 is 2.40 bits per heavy atom. The molecule has 1 aliphatic rings. The van der Waals surface area contributed by atoms with Crippen LogP contribution in [0.15, 0.2) is 0 Å². The summed E-state index contributed by atoms with van der Waals surface area (Å²) in [5.74, 6) is 1.95. The molecule has 1 aliphatic heterocycles. The fraction of sp³-hybridized carbons (Fsp3) is 0.923. The lowest BCUT2D eigenvalue weighted by Gasteiger charge is -2.25. The number of rotatable bonds is 3. The number of carbonyl (C=O) groups is 1. The lowest BCUT2D eigenvalue weighted by atomic mass is 9.89. The minimum Gasteiger partial charge on any atom is -0.298 e. The van der Waals surface area contributed by atoms with Crippen LogP contribution in [0, 0.1) is 11.8 Å². The van der Waals surface area contributed by atoms with Crippen LogP contribution in [0.25, 0.3) is 0 Å². The molecule has 0 amide bonds. The fourth-order valence-corrected chi connectivity index (χ4v) is 2.46. The van der Waals surface area contributed by atoms with Gasteiger partial charge in [-0.1, -0.05) is 13.8 Å². The quantitative estimate of drug-likeness (QED) is 0.715. The third-order valence-electron chi connectivity index (χ3n) is 3.89. The van der Waals surface area contributed by atoms with Crippen LogP contribution >= 0.6 is 0 Å². The van der Waals surface area contributed by atoms with Gasteiger partial charge < -0.3 is 0 Å². The zero-order chi connectivity index (χ0) is 11.4. The van der Waals surface area contributed by atoms with Crippen LogP contribution in [-0.2, 0) is 4.79 Å². The lowest BCUT2D eigenvalue weighted by molar-refractivity contribution is -0.121. The van der Waals surface area contributed by atoms with E-state index < -0.39 is 0 Å². The van der Waals surface area contributed by atoms with Crippen molar-refractivity contribution in [3.8, 4) is 0 Å². The van der Waals surface area contributed by atoms with Gasteiger partial charge >= 0.3 is 0 Å². The average Bonchev–Trinajstić information content (AvgIpc) is 2.41. The van der Waals surface area contributed by atoms with Crippen molar-refractivity contribution < 1.29 is 4.79 Å². The first-order valence-corrected chi connectivity index (χ1v) is 6.27. The second kappa shape index (κ2) is 5.64. The predicted molar refractivity (Wildman–Crippen MR) is 63.9 cm³/mol. The molecule has 0 saturated carbocycles. The summed E-state index contributed by atoms with van der Waals surface area (Å²) >= 11 is 0. The monoisotopic (exact) mass is 211 g/mol. The summed E-state index contributed by atoms with van der Waals surface area (Å²) in [7, 11) is 0.